The number of hydrogen-bond donors (Lipinski definition) is 2. The van der Waals surface area contributed by atoms with Crippen molar-refractivity contribution in [2.75, 3.05) is 26.1 Å². The molecule has 2 atom stereocenters. The number of carbonyl (C=O) groups excluding carboxylic acids is 1. The first-order valence-electron chi connectivity index (χ1n) is 14.6. The molecule has 4 heterocycles. The molecule has 2 aromatic carbocycles. The molecule has 0 bridgehead atoms. The number of carbonyl (C=O) groups is 1. The van der Waals surface area contributed by atoms with Gasteiger partial charge in [0.15, 0.2) is 17.3 Å². The fourth-order valence-corrected chi connectivity index (χ4v) is 5.73. The number of rotatable bonds is 8. The molecule has 3 aromatic heterocycles. The van der Waals surface area contributed by atoms with Crippen LogP contribution in [-0.2, 0) is 13.2 Å². The molecule has 2 N–H and O–H groups in total. The van der Waals surface area contributed by atoms with E-state index in [1.165, 1.54) is 16.8 Å². The number of ether oxygens (including phenoxy) is 2. The Morgan fingerprint density at radius 2 is 1.91 bits per heavy atom. The van der Waals surface area contributed by atoms with E-state index in [2.05, 4.69) is 15.3 Å². The topological polar surface area (TPSA) is 127 Å². The first-order chi connectivity index (χ1) is 21.7. The van der Waals surface area contributed by atoms with E-state index >= 15 is 4.39 Å². The molecule has 6 rings (SSSR count). The molecule has 1 aliphatic heterocycles. The van der Waals surface area contributed by atoms with E-state index in [0.29, 0.717) is 48.0 Å². The molecular weight excluding hydrogens is 584 g/mol. The van der Waals surface area contributed by atoms with Crippen molar-refractivity contribution >= 4 is 28.4 Å². The molecule has 1 fully saturated rings. The number of benzene rings is 2. The van der Waals surface area contributed by atoms with Crippen LogP contribution in [0.1, 0.15) is 58.7 Å². The van der Waals surface area contributed by atoms with Crippen LogP contribution in [0.2, 0.25) is 0 Å². The lowest BCUT2D eigenvalue weighted by atomic mass is 9.92. The number of likely N-dealkylation sites (tertiary alicyclic amines) is 1. The Bertz CT molecular complexity index is 1910. The predicted molar refractivity (Wildman–Crippen MR) is 162 cm³/mol. The number of aliphatic hydroxyl groups is 1. The van der Waals surface area contributed by atoms with Gasteiger partial charge in [0.05, 0.1) is 26.2 Å². The van der Waals surface area contributed by atoms with Crippen LogP contribution in [0.25, 0.3) is 16.6 Å². The number of halogens is 2. The summed E-state index contributed by atoms with van der Waals surface area (Å²) < 4.78 is 41.7. The number of hydrogen-bond acceptors (Lipinski definition) is 9. The molecule has 1 saturated heterocycles. The third-order valence-electron chi connectivity index (χ3n) is 8.36. The van der Waals surface area contributed by atoms with Crippen LogP contribution in [-0.4, -0.2) is 67.3 Å². The minimum Gasteiger partial charge on any atom is -0.497 e. The average Bonchev–Trinajstić information content (AvgIpc) is 3.50. The third kappa shape index (κ3) is 5.70. The van der Waals surface area contributed by atoms with Crippen molar-refractivity contribution in [2.45, 2.75) is 51.8 Å². The molecule has 45 heavy (non-hydrogen) atoms. The Morgan fingerprint density at radius 1 is 1.09 bits per heavy atom. The summed E-state index contributed by atoms with van der Waals surface area (Å²) in [7, 11) is 3.12. The number of nitrogens with one attached hydrogen (secondary N) is 1. The van der Waals surface area contributed by atoms with Gasteiger partial charge in [-0.1, -0.05) is 0 Å². The van der Waals surface area contributed by atoms with E-state index < -0.39 is 11.6 Å². The van der Waals surface area contributed by atoms with Gasteiger partial charge in [0.25, 0.3) is 5.91 Å². The zero-order valence-corrected chi connectivity index (χ0v) is 25.3. The number of methoxy groups -OCH3 is 2. The number of anilines is 1. The highest BCUT2D eigenvalue weighted by atomic mass is 19.1. The van der Waals surface area contributed by atoms with Crippen molar-refractivity contribution in [3.05, 3.63) is 82.4 Å². The van der Waals surface area contributed by atoms with Gasteiger partial charge in [0.2, 0.25) is 5.95 Å². The van der Waals surface area contributed by atoms with E-state index in [4.69, 9.17) is 19.6 Å². The monoisotopic (exact) mass is 617 g/mol. The highest BCUT2D eigenvalue weighted by molar-refractivity contribution is 5.93. The molecule has 0 spiro atoms. The number of aryl methyl sites for hydroxylation is 1. The molecule has 11 nitrogen and oxygen atoms in total. The average molecular weight is 618 g/mol. The zero-order valence-electron chi connectivity index (χ0n) is 25.3. The Balaban J connectivity index is 1.36. The number of fused-ring (bicyclic) bond motifs is 3. The van der Waals surface area contributed by atoms with Gasteiger partial charge >= 0.3 is 0 Å². The van der Waals surface area contributed by atoms with Gasteiger partial charge in [-0.2, -0.15) is 4.52 Å². The summed E-state index contributed by atoms with van der Waals surface area (Å²) in [5.41, 5.74) is 2.72. The molecule has 0 saturated carbocycles. The minimum absolute atomic E-state index is 0.0473. The normalized spacial score (nSPS) is 16.7. The summed E-state index contributed by atoms with van der Waals surface area (Å²) in [5, 5.41) is 17.7. The van der Waals surface area contributed by atoms with E-state index in [1.54, 1.807) is 37.3 Å². The first kappa shape index (κ1) is 30.1. The molecule has 0 unspecified atom stereocenters. The Kier molecular flexibility index (Phi) is 8.19. The standard InChI is InChI=1S/C32H33F2N7O4/c1-17-9-26(35-14-21(17)16-42)31(43)40-15-20(6-5-18(40)2)29-38-30-24-10-22(33)11-25(34)28(24)37-32(41(30)39-29)36-13-19-7-8-23(44-3)12-27(19)45-4/h7-12,14,18,20,42H,5-6,13,15-16H2,1-4H3,(H,36,37)/t18-,20+/m0/s1. The SMILES string of the molecule is COc1ccc(CNc2nc3c(F)cc(F)cc3c3nc([C@@H]4CC[C@H](C)N(C(=O)c5cc(C)c(CO)cn5)C4)nn23)c(OC)c1. The fourth-order valence-electron chi connectivity index (χ4n) is 5.73. The zero-order chi connectivity index (χ0) is 31.8. The number of amides is 1. The van der Waals surface area contributed by atoms with Gasteiger partial charge in [0, 0.05) is 48.9 Å². The van der Waals surface area contributed by atoms with E-state index in [-0.39, 0.29) is 53.5 Å². The Hall–Kier alpha value is -4.91. The van der Waals surface area contributed by atoms with Crippen molar-refractivity contribution in [1.29, 1.82) is 0 Å². The van der Waals surface area contributed by atoms with Crippen molar-refractivity contribution < 1.29 is 28.2 Å². The van der Waals surface area contributed by atoms with Gasteiger partial charge in [-0.25, -0.2) is 18.7 Å². The van der Waals surface area contributed by atoms with Crippen molar-refractivity contribution in [3.8, 4) is 11.5 Å². The molecule has 0 radical (unpaired) electrons. The van der Waals surface area contributed by atoms with Gasteiger partial charge in [-0.15, -0.1) is 5.10 Å². The highest BCUT2D eigenvalue weighted by Gasteiger charge is 2.33. The van der Waals surface area contributed by atoms with Crippen molar-refractivity contribution in [2.24, 2.45) is 0 Å². The summed E-state index contributed by atoms with van der Waals surface area (Å²) in [6.45, 7) is 4.24. The summed E-state index contributed by atoms with van der Waals surface area (Å²) in [5.74, 6) is -0.182. The maximum absolute atomic E-state index is 15.0. The van der Waals surface area contributed by atoms with Gasteiger partial charge in [-0.3, -0.25) is 9.78 Å². The molecular formula is C32H33F2N7O4. The van der Waals surface area contributed by atoms with Gasteiger partial charge in [-0.05, 0) is 62.1 Å². The number of piperidine rings is 1. The van der Waals surface area contributed by atoms with E-state index in [1.807, 2.05) is 19.9 Å². The lowest BCUT2D eigenvalue weighted by molar-refractivity contribution is 0.0600. The smallest absolute Gasteiger partial charge is 0.272 e. The number of aromatic nitrogens is 5. The van der Waals surface area contributed by atoms with Crippen LogP contribution in [0, 0.1) is 18.6 Å². The lowest BCUT2D eigenvalue weighted by Gasteiger charge is -2.37. The summed E-state index contributed by atoms with van der Waals surface area (Å²) >= 11 is 0. The van der Waals surface area contributed by atoms with E-state index in [9.17, 15) is 14.3 Å². The van der Waals surface area contributed by atoms with Crippen LogP contribution in [0.3, 0.4) is 0 Å². The van der Waals surface area contributed by atoms with Crippen LogP contribution in [0.4, 0.5) is 14.7 Å². The summed E-state index contributed by atoms with van der Waals surface area (Å²) in [6, 6.07) is 9.01. The van der Waals surface area contributed by atoms with Crippen molar-refractivity contribution in [1.82, 2.24) is 29.5 Å². The van der Waals surface area contributed by atoms with Gasteiger partial charge < -0.3 is 24.8 Å². The van der Waals surface area contributed by atoms with Crippen LogP contribution >= 0.6 is 0 Å². The molecule has 13 heteroatoms. The summed E-state index contributed by atoms with van der Waals surface area (Å²) in [6.07, 6.45) is 2.92. The first-order valence-corrected chi connectivity index (χ1v) is 14.6. The van der Waals surface area contributed by atoms with Crippen molar-refractivity contribution in [3.63, 3.8) is 0 Å². The van der Waals surface area contributed by atoms with Gasteiger partial charge in [0.1, 0.15) is 28.5 Å². The largest absolute Gasteiger partial charge is 0.497 e. The quantitative estimate of drug-likeness (QED) is 0.253. The molecule has 1 aliphatic rings. The third-order valence-corrected chi connectivity index (χ3v) is 8.36. The van der Waals surface area contributed by atoms with Crippen LogP contribution in [0.5, 0.6) is 11.5 Å². The predicted octanol–water partition coefficient (Wildman–Crippen LogP) is 4.79. The maximum atomic E-state index is 15.0. The maximum Gasteiger partial charge on any atom is 0.272 e. The second kappa shape index (κ2) is 12.2. The molecule has 1 amide bonds. The second-order valence-corrected chi connectivity index (χ2v) is 11.2. The number of aliphatic hydroxyl groups excluding tert-OH is 1. The van der Waals surface area contributed by atoms with Crippen LogP contribution < -0.4 is 14.8 Å². The lowest BCUT2D eigenvalue weighted by Crippen LogP contribution is -2.45. The highest BCUT2D eigenvalue weighted by Crippen LogP contribution is 2.32. The van der Waals surface area contributed by atoms with Crippen LogP contribution in [0.15, 0.2) is 42.6 Å². The molecule has 234 valence electrons. The molecule has 0 aliphatic carbocycles. The fraction of sp³-hybridized carbons (Fsp3) is 0.344. The summed E-state index contributed by atoms with van der Waals surface area (Å²) in [4.78, 5) is 28.8. The number of pyridine rings is 1. The number of nitrogens with zero attached hydrogens (tertiary/aromatic N) is 6. The molecule has 5 aromatic rings. The second-order valence-electron chi connectivity index (χ2n) is 11.2. The Labute approximate surface area is 257 Å². The van der Waals surface area contributed by atoms with E-state index in [0.717, 1.165) is 17.2 Å². The minimum atomic E-state index is -0.819. The Morgan fingerprint density at radius 3 is 2.64 bits per heavy atom.